The monoisotopic (exact) mass is 449 g/mol. The maximum absolute atomic E-state index is 12.5. The number of hydrogen-bond donors (Lipinski definition) is 2. The Kier molecular flexibility index (Phi) is 7.99. The molecule has 2 N–H and O–H groups in total. The highest BCUT2D eigenvalue weighted by molar-refractivity contribution is 5.89. The largest absolute Gasteiger partial charge is 0.494 e. The van der Waals surface area contributed by atoms with Crippen LogP contribution in [0.1, 0.15) is 27.9 Å². The van der Waals surface area contributed by atoms with Crippen molar-refractivity contribution in [3.8, 4) is 5.75 Å². The molecule has 0 unspecified atom stereocenters. The highest BCUT2D eigenvalue weighted by Gasteiger charge is 2.04. The predicted octanol–water partition coefficient (Wildman–Crippen LogP) is 0.838. The van der Waals surface area contributed by atoms with E-state index in [2.05, 4.69) is 19.6 Å². The quantitative estimate of drug-likeness (QED) is 0.390. The number of aromatic nitrogens is 2. The average molecular weight is 450 g/mol. The smallest absolute Gasteiger partial charge is 0.337 e. The normalized spacial score (nSPS) is 12.2. The molecule has 0 radical (unpaired) electrons. The van der Waals surface area contributed by atoms with E-state index in [0.29, 0.717) is 17.7 Å². The standard InChI is InChI=1S/C25H27N3O5/c1-28(2)13-4-14-33-20-11-7-18(8-12-20)16-22-24(30)26-21(23(29)27-22)15-17-5-9-19(10-6-17)25(31)32-3/h5-12,15-16H,4,13-14H2,1-3H3,(H,26,30)(H,27,29)/b21-15-,22-16-. The molecule has 3 aromatic rings. The van der Waals surface area contributed by atoms with Gasteiger partial charge in [0, 0.05) is 6.54 Å². The molecule has 0 saturated heterocycles. The molecule has 0 aliphatic rings. The van der Waals surface area contributed by atoms with E-state index in [1.807, 2.05) is 38.4 Å². The van der Waals surface area contributed by atoms with Gasteiger partial charge in [0.2, 0.25) is 0 Å². The van der Waals surface area contributed by atoms with Crippen molar-refractivity contribution in [1.29, 1.82) is 0 Å². The molecule has 8 nitrogen and oxygen atoms in total. The van der Waals surface area contributed by atoms with E-state index in [9.17, 15) is 14.4 Å². The lowest BCUT2D eigenvalue weighted by molar-refractivity contribution is 0.0600. The van der Waals surface area contributed by atoms with Gasteiger partial charge in [-0.3, -0.25) is 9.59 Å². The third-order valence-corrected chi connectivity index (χ3v) is 4.84. The Bertz CT molecular complexity index is 1320. The van der Waals surface area contributed by atoms with Gasteiger partial charge in [-0.15, -0.1) is 0 Å². The highest BCUT2D eigenvalue weighted by Crippen LogP contribution is 2.12. The first-order chi connectivity index (χ1) is 15.9. The van der Waals surface area contributed by atoms with Crippen LogP contribution in [0.4, 0.5) is 0 Å². The van der Waals surface area contributed by atoms with Crippen molar-refractivity contribution >= 4 is 18.1 Å². The molecule has 8 heteroatoms. The molecule has 0 spiro atoms. The van der Waals surface area contributed by atoms with E-state index < -0.39 is 17.1 Å². The zero-order valence-electron chi connectivity index (χ0n) is 18.9. The van der Waals surface area contributed by atoms with Gasteiger partial charge < -0.3 is 24.3 Å². The molecule has 33 heavy (non-hydrogen) atoms. The summed E-state index contributed by atoms with van der Waals surface area (Å²) in [4.78, 5) is 43.8. The van der Waals surface area contributed by atoms with E-state index in [-0.39, 0.29) is 10.7 Å². The van der Waals surface area contributed by atoms with Gasteiger partial charge in [-0.25, -0.2) is 4.79 Å². The molecule has 0 atom stereocenters. The molecule has 0 amide bonds. The van der Waals surface area contributed by atoms with Crippen LogP contribution in [0.25, 0.3) is 12.2 Å². The number of nitrogens with one attached hydrogen (secondary N) is 2. The van der Waals surface area contributed by atoms with Gasteiger partial charge in [0.05, 0.1) is 19.3 Å². The summed E-state index contributed by atoms with van der Waals surface area (Å²) in [6.07, 6.45) is 4.06. The first-order valence-corrected chi connectivity index (χ1v) is 10.5. The maximum atomic E-state index is 12.5. The molecule has 0 aliphatic heterocycles. The fourth-order valence-corrected chi connectivity index (χ4v) is 3.09. The minimum absolute atomic E-state index is 0.115. The van der Waals surface area contributed by atoms with Gasteiger partial charge in [0.15, 0.2) is 0 Å². The molecule has 0 bridgehead atoms. The summed E-state index contributed by atoms with van der Waals surface area (Å²) in [6.45, 7) is 1.58. The molecule has 172 valence electrons. The second-order valence-corrected chi connectivity index (χ2v) is 7.71. The maximum Gasteiger partial charge on any atom is 0.337 e. The summed E-state index contributed by atoms with van der Waals surface area (Å²) in [5.74, 6) is 0.299. The molecule has 2 aromatic carbocycles. The van der Waals surface area contributed by atoms with Gasteiger partial charge in [-0.1, -0.05) is 24.3 Å². The van der Waals surface area contributed by atoms with Gasteiger partial charge in [0.25, 0.3) is 11.1 Å². The SMILES string of the molecule is COC(=O)c1ccc(/C=c2\[nH]c(=O)/c(=C/c3ccc(OCCCN(C)C)cc3)[nH]c2=O)cc1. The van der Waals surface area contributed by atoms with Crippen LogP contribution in [0.2, 0.25) is 0 Å². The number of aromatic amines is 2. The molecular weight excluding hydrogens is 422 g/mol. The second-order valence-electron chi connectivity index (χ2n) is 7.71. The third kappa shape index (κ3) is 6.78. The predicted molar refractivity (Wildman–Crippen MR) is 127 cm³/mol. The summed E-state index contributed by atoms with van der Waals surface area (Å²) in [5.41, 5.74) is 0.954. The molecule has 0 saturated carbocycles. The fraction of sp³-hybridized carbons (Fsp3) is 0.240. The lowest BCUT2D eigenvalue weighted by atomic mass is 10.1. The number of H-pyrrole nitrogens is 2. The molecule has 0 fully saturated rings. The van der Waals surface area contributed by atoms with Crippen molar-refractivity contribution in [2.45, 2.75) is 6.42 Å². The summed E-state index contributed by atoms with van der Waals surface area (Å²) >= 11 is 0. The lowest BCUT2D eigenvalue weighted by Crippen LogP contribution is -2.46. The van der Waals surface area contributed by atoms with Crippen LogP contribution in [0.3, 0.4) is 0 Å². The summed E-state index contributed by atoms with van der Waals surface area (Å²) in [6, 6.07) is 13.8. The zero-order valence-corrected chi connectivity index (χ0v) is 18.9. The van der Waals surface area contributed by atoms with E-state index in [1.165, 1.54) is 13.2 Å². The number of methoxy groups -OCH3 is 1. The van der Waals surface area contributed by atoms with Crippen molar-refractivity contribution in [2.75, 3.05) is 34.4 Å². The van der Waals surface area contributed by atoms with Crippen molar-refractivity contribution in [2.24, 2.45) is 0 Å². The first kappa shape index (κ1) is 23.7. The van der Waals surface area contributed by atoms with E-state index in [0.717, 1.165) is 24.3 Å². The van der Waals surface area contributed by atoms with E-state index in [1.54, 1.807) is 30.3 Å². The number of carbonyl (C=O) groups excluding carboxylic acids is 1. The number of benzene rings is 2. The Morgan fingerprint density at radius 1 is 0.879 bits per heavy atom. The molecule has 1 aromatic heterocycles. The van der Waals surface area contributed by atoms with Gasteiger partial charge in [-0.2, -0.15) is 0 Å². The van der Waals surface area contributed by atoms with E-state index >= 15 is 0 Å². The Balaban J connectivity index is 1.78. The fourth-order valence-electron chi connectivity index (χ4n) is 3.09. The Labute approximate surface area is 190 Å². The van der Waals surface area contributed by atoms with Crippen molar-refractivity contribution in [1.82, 2.24) is 14.9 Å². The molecule has 0 aliphatic carbocycles. The number of rotatable bonds is 8. The number of ether oxygens (including phenoxy) is 2. The lowest BCUT2D eigenvalue weighted by Gasteiger charge is -2.10. The minimum Gasteiger partial charge on any atom is -0.494 e. The first-order valence-electron chi connectivity index (χ1n) is 10.5. The summed E-state index contributed by atoms with van der Waals surface area (Å²) in [7, 11) is 5.34. The highest BCUT2D eigenvalue weighted by atomic mass is 16.5. The van der Waals surface area contributed by atoms with E-state index in [4.69, 9.17) is 4.74 Å². The van der Waals surface area contributed by atoms with Crippen molar-refractivity contribution < 1.29 is 14.3 Å². The van der Waals surface area contributed by atoms with Crippen molar-refractivity contribution in [3.63, 3.8) is 0 Å². The number of hydrogen-bond acceptors (Lipinski definition) is 6. The Hall–Kier alpha value is -3.91. The van der Waals surface area contributed by atoms with Crippen LogP contribution >= 0.6 is 0 Å². The summed E-state index contributed by atoms with van der Waals surface area (Å²) < 4.78 is 10.4. The van der Waals surface area contributed by atoms with Crippen LogP contribution in [-0.4, -0.2) is 55.2 Å². The summed E-state index contributed by atoms with van der Waals surface area (Å²) in [5, 5.41) is 0.266. The third-order valence-electron chi connectivity index (χ3n) is 4.84. The minimum atomic E-state index is -0.448. The van der Waals surface area contributed by atoms with Crippen LogP contribution < -0.4 is 26.6 Å². The Morgan fingerprint density at radius 3 is 1.88 bits per heavy atom. The number of esters is 1. The van der Waals surface area contributed by atoms with Gasteiger partial charge in [-0.05, 0) is 68.1 Å². The van der Waals surface area contributed by atoms with Crippen LogP contribution in [-0.2, 0) is 4.74 Å². The van der Waals surface area contributed by atoms with Crippen LogP contribution in [0, 0.1) is 0 Å². The second kappa shape index (κ2) is 11.1. The van der Waals surface area contributed by atoms with Gasteiger partial charge in [0.1, 0.15) is 16.4 Å². The number of nitrogens with zero attached hydrogens (tertiary/aromatic N) is 1. The van der Waals surface area contributed by atoms with Crippen molar-refractivity contribution in [3.05, 3.63) is 96.6 Å². The van der Waals surface area contributed by atoms with Crippen LogP contribution in [0.15, 0.2) is 58.1 Å². The molecule has 3 rings (SSSR count). The average Bonchev–Trinajstić information content (AvgIpc) is 2.81. The van der Waals surface area contributed by atoms with Gasteiger partial charge >= 0.3 is 5.97 Å². The topological polar surface area (TPSA) is 104 Å². The molecular formula is C25H27N3O5. The zero-order chi connectivity index (χ0) is 23.8. The van der Waals surface area contributed by atoms with Crippen LogP contribution in [0.5, 0.6) is 5.75 Å². The molecule has 1 heterocycles. The Morgan fingerprint density at radius 2 is 1.39 bits per heavy atom. The number of carbonyl (C=O) groups is 1.